The van der Waals surface area contributed by atoms with Gasteiger partial charge in [-0.25, -0.2) is 29.9 Å². The number of thiophene rings is 3. The molecule has 15 aromatic carbocycles. The molecule has 630 valence electrons. The zero-order valence-corrected chi connectivity index (χ0v) is 74.2. The summed E-state index contributed by atoms with van der Waals surface area (Å²) >= 11 is 5.53. The summed E-state index contributed by atoms with van der Waals surface area (Å²) < 4.78 is 14.6. The zero-order valence-electron chi connectivity index (χ0n) is 71.8. The molecule has 21 nitrogen and oxygen atoms in total. The van der Waals surface area contributed by atoms with Crippen molar-refractivity contribution in [2.75, 3.05) is 0 Å². The van der Waals surface area contributed by atoms with Gasteiger partial charge in [0.2, 0.25) is 0 Å². The summed E-state index contributed by atoms with van der Waals surface area (Å²) in [7, 11) is 0. The summed E-state index contributed by atoms with van der Waals surface area (Å²) in [6.45, 7) is 6.67. The van der Waals surface area contributed by atoms with Gasteiger partial charge in [-0.3, -0.25) is 73.5 Å². The van der Waals surface area contributed by atoms with E-state index in [0.717, 1.165) is 66.5 Å². The fourth-order valence-corrected chi connectivity index (χ4v) is 24.4. The van der Waals surface area contributed by atoms with Crippen LogP contribution in [0, 0.1) is 20.8 Å². The minimum Gasteiger partial charge on any atom is -0.292 e. The fraction of sp³-hybridized carbons (Fsp3) is 0.0270. The Morgan fingerprint density at radius 1 is 0.200 bits per heavy atom. The summed E-state index contributed by atoms with van der Waals surface area (Å²) in [4.78, 5) is 86.7. The van der Waals surface area contributed by atoms with Crippen molar-refractivity contribution in [3.05, 3.63) is 346 Å². The number of hydrogen-bond donors (Lipinski definition) is 0. The van der Waals surface area contributed by atoms with E-state index in [1.54, 1.807) is 74.4 Å². The van der Waals surface area contributed by atoms with Crippen molar-refractivity contribution in [3.8, 4) is 50.8 Å². The number of fused-ring (bicyclic) bond motifs is 37. The molecule has 0 saturated carbocycles. The van der Waals surface area contributed by atoms with Crippen LogP contribution in [0.1, 0.15) is 16.7 Å². The highest BCUT2D eigenvalue weighted by Crippen LogP contribution is 2.51. The molecule has 0 radical (unpaired) electrons. The Morgan fingerprint density at radius 2 is 0.504 bits per heavy atom. The molecule has 0 atom stereocenters. The topological polar surface area (TPSA) is 247 Å². The summed E-state index contributed by atoms with van der Waals surface area (Å²) in [5.41, 5.74) is 28.9. The van der Waals surface area contributed by atoms with Gasteiger partial charge in [0.15, 0.2) is 17.5 Å². The highest BCUT2D eigenvalue weighted by atomic mass is 32.1. The van der Waals surface area contributed by atoms with Crippen molar-refractivity contribution >= 4 is 259 Å². The number of benzene rings is 15. The second-order valence-electron chi connectivity index (χ2n) is 33.6. The zero-order chi connectivity index (χ0) is 88.9. The minimum atomic E-state index is 0.649. The van der Waals surface area contributed by atoms with Crippen molar-refractivity contribution in [1.29, 1.82) is 0 Å². The molecule has 0 spiro atoms. The fourth-order valence-electron chi connectivity index (χ4n) is 20.7. The molecule has 15 heterocycles. The van der Waals surface area contributed by atoms with Gasteiger partial charge in [-0.15, -0.1) is 34.0 Å². The van der Waals surface area contributed by atoms with Crippen LogP contribution in [0.5, 0.6) is 0 Å². The van der Waals surface area contributed by atoms with E-state index in [9.17, 15) is 0 Å². The Labute approximate surface area is 774 Å². The number of aromatic nitrogens is 21. The molecule has 0 fully saturated rings. The van der Waals surface area contributed by atoms with Crippen LogP contribution >= 0.6 is 34.0 Å². The molecular formula is C111H63N21S3. The van der Waals surface area contributed by atoms with Crippen molar-refractivity contribution in [1.82, 2.24) is 103 Å². The maximum atomic E-state index is 5.33. The highest BCUT2D eigenvalue weighted by molar-refractivity contribution is 7.27. The van der Waals surface area contributed by atoms with E-state index in [0.29, 0.717) is 117 Å². The summed E-state index contributed by atoms with van der Waals surface area (Å²) in [5.74, 6) is 2.14. The van der Waals surface area contributed by atoms with Gasteiger partial charge in [0, 0.05) is 184 Å². The van der Waals surface area contributed by atoms with Crippen LogP contribution in [0.4, 0.5) is 0 Å². The predicted octanol–water partition coefficient (Wildman–Crippen LogP) is 26.9. The SMILES string of the molecule is Cc1c2c(cc3c4cccc(-c5ccccc5)c4n(-c4cnc5c6nccnc6c6nccnc6c5n4)c13)sc1ccccc12.Cc1c2sc3ccccc3c2cc2c3cccc(-c4ccccc4)c3n(-c3cnc4c5nccnc5c5nccnc5c4n3)c12.Cc1cc2c3ccccc3sc2c2c3cccc(-c4ccccc4)c3n(-c3cnc4c5nccnc5c5nccnc5c4n3)c12. The second kappa shape index (κ2) is 29.7. The maximum absolute atomic E-state index is 5.33. The van der Waals surface area contributed by atoms with E-state index in [2.05, 4.69) is 316 Å². The summed E-state index contributed by atoms with van der Waals surface area (Å²) in [6, 6.07) is 84.4. The molecule has 135 heavy (non-hydrogen) atoms. The Balaban J connectivity index is 0.000000101. The molecule has 30 rings (SSSR count). The van der Waals surface area contributed by atoms with Gasteiger partial charge in [0.25, 0.3) is 0 Å². The standard InChI is InChI=1S/3C37H21N7S/c1-20-29-24-10-5-6-13-26(24)45-27(29)18-25-23-12-7-11-22(21-8-3-2-4-9-21)37(23)44(36(20)25)28-19-42-34-32-30(38-14-15-40-32)31-33(35(34)43-28)41-17-16-39-31;1-20-35-25(18-26-23-10-5-6-13-27(23)45-37(20)26)24-12-7-11-22(21-8-3-2-4-9-21)36(24)44(35)28-19-42-33-31-29(38-14-15-40-31)30-32(34(33)43-28)41-17-16-39-30;1-20-18-25-23-10-5-6-13-26(23)45-37(25)28-24-12-7-11-22(21-8-3-2-4-9-21)36(24)44(35(20)28)27-19-42-33-31-29(38-14-15-40-31)30-32(34(33)43-27)41-17-16-39-30/h3*2-19H,1H3. The van der Waals surface area contributed by atoms with Crippen LogP contribution in [0.15, 0.2) is 330 Å². The van der Waals surface area contributed by atoms with Crippen LogP contribution in [0.3, 0.4) is 0 Å². The summed E-state index contributed by atoms with van der Waals surface area (Å²) in [6.07, 6.45) is 25.7. The smallest absolute Gasteiger partial charge is 0.157 e. The molecule has 0 N–H and O–H groups in total. The second-order valence-corrected chi connectivity index (χ2v) is 36.8. The van der Waals surface area contributed by atoms with E-state index in [-0.39, 0.29) is 0 Å². The van der Waals surface area contributed by atoms with Crippen molar-refractivity contribution in [2.24, 2.45) is 0 Å². The highest BCUT2D eigenvalue weighted by Gasteiger charge is 2.30. The Bertz CT molecular complexity index is 10000. The molecule has 0 saturated heterocycles. The number of rotatable bonds is 6. The number of para-hydroxylation sites is 3. The lowest BCUT2D eigenvalue weighted by Crippen LogP contribution is -2.03. The first-order chi connectivity index (χ1) is 66.8. The van der Waals surface area contributed by atoms with Gasteiger partial charge in [-0.1, -0.05) is 200 Å². The Kier molecular flexibility index (Phi) is 16.8. The lowest BCUT2D eigenvalue weighted by molar-refractivity contribution is 1.07. The maximum Gasteiger partial charge on any atom is 0.157 e. The van der Waals surface area contributed by atoms with Crippen molar-refractivity contribution in [3.63, 3.8) is 0 Å². The third-order valence-electron chi connectivity index (χ3n) is 26.3. The third-order valence-corrected chi connectivity index (χ3v) is 29.9. The third kappa shape index (κ3) is 11.4. The van der Waals surface area contributed by atoms with Gasteiger partial charge >= 0.3 is 0 Å². The molecule has 0 unspecified atom stereocenters. The van der Waals surface area contributed by atoms with E-state index < -0.39 is 0 Å². The number of hydrogen-bond acceptors (Lipinski definition) is 21. The normalized spacial score (nSPS) is 12.1. The first kappa shape index (κ1) is 76.3. The number of aryl methyl sites for hydroxylation is 3. The molecule has 0 amide bonds. The lowest BCUT2D eigenvalue weighted by atomic mass is 10.0. The van der Waals surface area contributed by atoms with Crippen LogP contribution in [0.2, 0.25) is 0 Å². The molecule has 24 heteroatoms. The monoisotopic (exact) mass is 1790 g/mol. The van der Waals surface area contributed by atoms with E-state index >= 15 is 0 Å². The average Bonchev–Trinajstić information content (AvgIpc) is 1.55. The van der Waals surface area contributed by atoms with E-state index in [1.165, 1.54) is 110 Å². The molecule has 0 aliphatic carbocycles. The first-order valence-corrected chi connectivity index (χ1v) is 46.5. The molecule has 15 aromatic heterocycles. The molecular weight excluding hydrogens is 1720 g/mol. The molecule has 30 aromatic rings. The predicted molar refractivity (Wildman–Crippen MR) is 549 cm³/mol. The van der Waals surface area contributed by atoms with Crippen molar-refractivity contribution in [2.45, 2.75) is 20.8 Å². The molecule has 0 bridgehead atoms. The van der Waals surface area contributed by atoms with Gasteiger partial charge in [0.1, 0.15) is 99.3 Å². The van der Waals surface area contributed by atoms with Gasteiger partial charge < -0.3 is 0 Å². The number of nitrogens with zero attached hydrogens (tertiary/aromatic N) is 21. The van der Waals surface area contributed by atoms with Crippen LogP contribution < -0.4 is 0 Å². The summed E-state index contributed by atoms with van der Waals surface area (Å²) in [5, 5.41) is 14.8. The largest absolute Gasteiger partial charge is 0.292 e. The van der Waals surface area contributed by atoms with Crippen LogP contribution in [-0.4, -0.2) is 103 Å². The first-order valence-electron chi connectivity index (χ1n) is 44.1. The quantitative estimate of drug-likeness (QED) is 0.140. The van der Waals surface area contributed by atoms with Gasteiger partial charge in [-0.2, -0.15) is 0 Å². The lowest BCUT2D eigenvalue weighted by Gasteiger charge is -2.13. The van der Waals surface area contributed by atoms with Crippen LogP contribution in [-0.2, 0) is 0 Å². The molecule has 0 aliphatic heterocycles. The molecule has 0 aliphatic rings. The minimum absolute atomic E-state index is 0.649. The van der Waals surface area contributed by atoms with Gasteiger partial charge in [0.05, 0.1) is 51.7 Å². The average molecular weight is 1790 g/mol. The van der Waals surface area contributed by atoms with E-state index in [4.69, 9.17) is 44.9 Å². The van der Waals surface area contributed by atoms with Crippen molar-refractivity contribution < 1.29 is 0 Å². The van der Waals surface area contributed by atoms with Crippen LogP contribution in [0.25, 0.3) is 276 Å². The Hall–Kier alpha value is -17.6. The van der Waals surface area contributed by atoms with Gasteiger partial charge in [-0.05, 0) is 90.6 Å². The van der Waals surface area contributed by atoms with E-state index in [1.807, 2.05) is 52.6 Å². The Morgan fingerprint density at radius 3 is 0.911 bits per heavy atom.